The predicted molar refractivity (Wildman–Crippen MR) is 120 cm³/mol. The minimum absolute atomic E-state index is 0.0829. The van der Waals surface area contributed by atoms with Crippen LogP contribution in [0.15, 0.2) is 50.4 Å². The maximum Gasteiger partial charge on any atom is 0.408 e. The Hall–Kier alpha value is -2.23. The molecule has 2 amide bonds. The van der Waals surface area contributed by atoms with E-state index in [4.69, 9.17) is 9.88 Å². The summed E-state index contributed by atoms with van der Waals surface area (Å²) in [5.41, 5.74) is 0.792. The Bertz CT molecular complexity index is 1000. The molecule has 0 fully saturated rings. The van der Waals surface area contributed by atoms with Gasteiger partial charge in [0.1, 0.15) is 15.9 Å². The van der Waals surface area contributed by atoms with E-state index in [1.807, 2.05) is 44.2 Å². The molecular formula is C21H29N3O4S2. The Morgan fingerprint density at radius 2 is 1.83 bits per heavy atom. The lowest BCUT2D eigenvalue weighted by atomic mass is 10.0. The zero-order chi connectivity index (χ0) is 22.5. The zero-order valence-electron chi connectivity index (χ0n) is 17.9. The van der Waals surface area contributed by atoms with E-state index >= 15 is 0 Å². The van der Waals surface area contributed by atoms with Crippen LogP contribution in [-0.4, -0.2) is 27.9 Å². The SMILES string of the molecule is CC(C)C[C@H](NC(=O)OC(C)(C)C)C(=O)N=S(N)(=O)c1sccc1-c1ccccc1. The molecule has 9 heteroatoms. The number of nitrogens with two attached hydrogens (primary N) is 1. The molecule has 1 aromatic heterocycles. The highest BCUT2D eigenvalue weighted by atomic mass is 32.2. The highest BCUT2D eigenvalue weighted by Crippen LogP contribution is 2.32. The predicted octanol–water partition coefficient (Wildman–Crippen LogP) is 4.58. The summed E-state index contributed by atoms with van der Waals surface area (Å²) in [5, 5.41) is 10.3. The summed E-state index contributed by atoms with van der Waals surface area (Å²) in [5.74, 6) is -0.658. The molecule has 1 aromatic carbocycles. The third kappa shape index (κ3) is 6.93. The summed E-state index contributed by atoms with van der Waals surface area (Å²) in [6.45, 7) is 8.99. The van der Waals surface area contributed by atoms with Gasteiger partial charge in [-0.15, -0.1) is 15.7 Å². The Morgan fingerprint density at radius 3 is 2.40 bits per heavy atom. The van der Waals surface area contributed by atoms with E-state index in [0.717, 1.165) is 5.56 Å². The minimum Gasteiger partial charge on any atom is -0.444 e. The summed E-state index contributed by atoms with van der Waals surface area (Å²) in [7, 11) is -3.49. The Kier molecular flexibility index (Phi) is 7.79. The van der Waals surface area contributed by atoms with Crippen LogP contribution in [-0.2, 0) is 19.4 Å². The number of benzene rings is 1. The first kappa shape index (κ1) is 24.0. The van der Waals surface area contributed by atoms with Gasteiger partial charge >= 0.3 is 6.09 Å². The quantitative estimate of drug-likeness (QED) is 0.669. The topological polar surface area (TPSA) is 111 Å². The highest BCUT2D eigenvalue weighted by molar-refractivity contribution is 7.93. The first-order valence-electron chi connectivity index (χ1n) is 9.60. The van der Waals surface area contributed by atoms with Crippen LogP contribution in [0.5, 0.6) is 0 Å². The van der Waals surface area contributed by atoms with Gasteiger partial charge in [0.05, 0.1) is 0 Å². The van der Waals surface area contributed by atoms with Crippen LogP contribution in [0.2, 0.25) is 0 Å². The fraction of sp³-hybridized carbons (Fsp3) is 0.429. The molecule has 0 aliphatic heterocycles. The van der Waals surface area contributed by atoms with Gasteiger partial charge in [0.25, 0.3) is 5.91 Å². The van der Waals surface area contributed by atoms with Crippen LogP contribution < -0.4 is 10.5 Å². The van der Waals surface area contributed by atoms with Gasteiger partial charge in [-0.2, -0.15) is 0 Å². The molecule has 0 spiro atoms. The van der Waals surface area contributed by atoms with Crippen molar-refractivity contribution in [3.8, 4) is 11.1 Å². The molecule has 7 nitrogen and oxygen atoms in total. The van der Waals surface area contributed by atoms with E-state index in [1.54, 1.807) is 32.2 Å². The van der Waals surface area contributed by atoms with Gasteiger partial charge in [0.2, 0.25) is 0 Å². The molecule has 0 saturated heterocycles. The van der Waals surface area contributed by atoms with Crippen molar-refractivity contribution in [1.82, 2.24) is 5.32 Å². The first-order valence-corrected chi connectivity index (χ1v) is 12.1. The fourth-order valence-corrected chi connectivity index (χ4v) is 5.18. The maximum absolute atomic E-state index is 13.2. The normalized spacial score (nSPS) is 14.6. The number of carbonyl (C=O) groups is 2. The van der Waals surface area contributed by atoms with Crippen LogP contribution in [0.25, 0.3) is 11.1 Å². The number of nitrogens with one attached hydrogen (secondary N) is 1. The lowest BCUT2D eigenvalue weighted by Crippen LogP contribution is -2.44. The molecule has 2 aromatic rings. The second-order valence-corrected chi connectivity index (χ2v) is 11.2. The number of alkyl carbamates (subject to hydrolysis) is 1. The Labute approximate surface area is 182 Å². The number of amides is 2. The summed E-state index contributed by atoms with van der Waals surface area (Å²) in [6, 6.07) is 10.2. The fourth-order valence-electron chi connectivity index (χ4n) is 2.74. The average Bonchev–Trinajstić information content (AvgIpc) is 3.10. The van der Waals surface area contributed by atoms with E-state index in [-0.39, 0.29) is 5.92 Å². The van der Waals surface area contributed by atoms with Crippen LogP contribution in [0, 0.1) is 5.92 Å². The van der Waals surface area contributed by atoms with Crippen LogP contribution in [0.4, 0.5) is 4.79 Å². The van der Waals surface area contributed by atoms with Crippen molar-refractivity contribution in [3.05, 3.63) is 41.8 Å². The molecule has 1 heterocycles. The zero-order valence-corrected chi connectivity index (χ0v) is 19.5. The van der Waals surface area contributed by atoms with Crippen molar-refractivity contribution in [3.63, 3.8) is 0 Å². The smallest absolute Gasteiger partial charge is 0.408 e. The van der Waals surface area contributed by atoms with Gasteiger partial charge in [-0.1, -0.05) is 44.2 Å². The van der Waals surface area contributed by atoms with E-state index in [1.165, 1.54) is 11.3 Å². The summed E-state index contributed by atoms with van der Waals surface area (Å²) < 4.78 is 22.6. The van der Waals surface area contributed by atoms with Crippen molar-refractivity contribution in [2.75, 3.05) is 0 Å². The molecule has 0 bridgehead atoms. The largest absolute Gasteiger partial charge is 0.444 e. The number of rotatable bonds is 6. The third-order valence-corrected chi connectivity index (χ3v) is 6.82. The molecule has 0 radical (unpaired) electrons. The highest BCUT2D eigenvalue weighted by Gasteiger charge is 2.27. The van der Waals surface area contributed by atoms with Crippen molar-refractivity contribution in [2.45, 2.75) is 56.9 Å². The number of hydrogen-bond donors (Lipinski definition) is 2. The van der Waals surface area contributed by atoms with Gasteiger partial charge in [0, 0.05) is 5.56 Å². The molecule has 164 valence electrons. The lowest BCUT2D eigenvalue weighted by Gasteiger charge is -2.23. The van der Waals surface area contributed by atoms with Gasteiger partial charge in [-0.05, 0) is 50.1 Å². The third-order valence-electron chi connectivity index (χ3n) is 3.90. The van der Waals surface area contributed by atoms with Gasteiger partial charge in [-0.3, -0.25) is 4.79 Å². The Morgan fingerprint density at radius 1 is 1.20 bits per heavy atom. The van der Waals surface area contributed by atoms with Crippen molar-refractivity contribution >= 4 is 33.3 Å². The number of thiophene rings is 1. The minimum atomic E-state index is -3.49. The van der Waals surface area contributed by atoms with Gasteiger partial charge in [0.15, 0.2) is 9.92 Å². The molecule has 0 aliphatic carbocycles. The van der Waals surface area contributed by atoms with E-state index in [9.17, 15) is 13.8 Å². The summed E-state index contributed by atoms with van der Waals surface area (Å²) in [6.07, 6.45) is -0.422. The Balaban J connectivity index is 2.33. The van der Waals surface area contributed by atoms with Crippen LogP contribution in [0.1, 0.15) is 41.0 Å². The molecule has 30 heavy (non-hydrogen) atoms. The number of hydrogen-bond acceptors (Lipinski definition) is 5. The summed E-state index contributed by atoms with van der Waals surface area (Å²) in [4.78, 5) is 25.0. The molecule has 3 N–H and O–H groups in total. The van der Waals surface area contributed by atoms with Crippen molar-refractivity contribution in [2.24, 2.45) is 15.4 Å². The maximum atomic E-state index is 13.2. The van der Waals surface area contributed by atoms with Crippen LogP contribution >= 0.6 is 11.3 Å². The molecule has 2 atom stereocenters. The van der Waals surface area contributed by atoms with Gasteiger partial charge < -0.3 is 10.1 Å². The van der Waals surface area contributed by atoms with Gasteiger partial charge in [-0.25, -0.2) is 14.1 Å². The standard InChI is InChI=1S/C21H29N3O4S2/c1-14(2)13-17(23-20(26)28-21(3,4)5)18(25)24-30(22,27)19-16(11-12-29-19)15-9-7-6-8-10-15/h6-12,14,17H,13H2,1-5H3,(H,23,26)(H2,22,24,25,27)/t17-,30?/m0/s1. The average molecular weight is 452 g/mol. The number of ether oxygens (including phenoxy) is 1. The van der Waals surface area contributed by atoms with Crippen molar-refractivity contribution < 1.29 is 18.5 Å². The second kappa shape index (κ2) is 9.72. The molecule has 2 rings (SSSR count). The number of carbonyl (C=O) groups excluding carboxylic acids is 2. The summed E-state index contributed by atoms with van der Waals surface area (Å²) >= 11 is 1.18. The van der Waals surface area contributed by atoms with E-state index in [2.05, 4.69) is 9.68 Å². The molecular weight excluding hydrogens is 422 g/mol. The van der Waals surface area contributed by atoms with Crippen molar-refractivity contribution in [1.29, 1.82) is 0 Å². The molecule has 1 unspecified atom stereocenters. The monoisotopic (exact) mass is 451 g/mol. The first-order chi connectivity index (χ1) is 13.9. The number of nitrogens with zero attached hydrogens (tertiary/aromatic N) is 1. The second-order valence-electron chi connectivity index (χ2n) is 8.31. The van der Waals surface area contributed by atoms with E-state index < -0.39 is 33.6 Å². The van der Waals surface area contributed by atoms with E-state index in [0.29, 0.717) is 16.2 Å². The lowest BCUT2D eigenvalue weighted by molar-refractivity contribution is -0.120. The molecule has 0 aliphatic rings. The van der Waals surface area contributed by atoms with Crippen LogP contribution in [0.3, 0.4) is 0 Å². The molecule has 0 saturated carbocycles.